The monoisotopic (exact) mass is 203 g/mol. The van der Waals surface area contributed by atoms with Crippen LogP contribution in [0.15, 0.2) is 0 Å². The summed E-state index contributed by atoms with van der Waals surface area (Å²) in [4.78, 5) is 10.0. The molecule has 82 valence electrons. The smallest absolute Gasteiger partial charge is 0.206 e. The van der Waals surface area contributed by atoms with Gasteiger partial charge in [-0.2, -0.15) is 0 Å². The molecular weight excluding hydrogens is 186 g/mol. The Balaban J connectivity index is 2.46. The minimum absolute atomic E-state index is 0.0383. The van der Waals surface area contributed by atoms with Gasteiger partial charge in [0.15, 0.2) is 0 Å². The molecule has 0 spiro atoms. The summed E-state index contributed by atoms with van der Waals surface area (Å²) >= 11 is 0. The number of nitrogens with zero attached hydrogens (tertiary/aromatic N) is 1. The minimum Gasteiger partial charge on any atom is -0.382 e. The molecule has 0 aromatic carbocycles. The Labute approximate surface area is 83.5 Å². The van der Waals surface area contributed by atoms with Crippen molar-refractivity contribution in [3.63, 3.8) is 0 Å². The van der Waals surface area contributed by atoms with Crippen LogP contribution in [0.2, 0.25) is 0 Å². The lowest BCUT2D eigenvalue weighted by Gasteiger charge is -2.35. The largest absolute Gasteiger partial charge is 0.382 e. The molecule has 0 aliphatic carbocycles. The quantitative estimate of drug-likeness (QED) is 0.498. The van der Waals surface area contributed by atoms with Gasteiger partial charge in [0, 0.05) is 25.1 Å². The molecule has 1 rings (SSSR count). The van der Waals surface area contributed by atoms with Crippen molar-refractivity contribution in [2.24, 2.45) is 0 Å². The van der Waals surface area contributed by atoms with E-state index in [9.17, 15) is 10.1 Å². The van der Waals surface area contributed by atoms with Crippen molar-refractivity contribution in [2.45, 2.75) is 31.3 Å². The maximum atomic E-state index is 10.3. The molecule has 5 heteroatoms. The van der Waals surface area contributed by atoms with Crippen molar-refractivity contribution in [1.82, 2.24) is 0 Å². The van der Waals surface area contributed by atoms with Gasteiger partial charge >= 0.3 is 0 Å². The number of hydrogen-bond acceptors (Lipinski definition) is 4. The standard InChI is InChI=1S/C9H17NO4/c1-13-8-9(5-6-10(11)12)4-2-3-7-14-9/h2-8H2,1H3. The molecule has 1 heterocycles. The third kappa shape index (κ3) is 3.23. The number of rotatable bonds is 5. The molecule has 0 saturated carbocycles. The second-order valence-electron chi connectivity index (χ2n) is 3.73. The predicted molar refractivity (Wildman–Crippen MR) is 50.9 cm³/mol. The predicted octanol–water partition coefficient (Wildman–Crippen LogP) is 1.24. The number of nitro groups is 1. The van der Waals surface area contributed by atoms with E-state index in [4.69, 9.17) is 9.47 Å². The Bertz CT molecular complexity index is 184. The molecule has 0 aromatic heterocycles. The van der Waals surface area contributed by atoms with Crippen LogP contribution in [-0.2, 0) is 9.47 Å². The molecule has 5 nitrogen and oxygen atoms in total. The topological polar surface area (TPSA) is 61.6 Å². The van der Waals surface area contributed by atoms with Crippen LogP contribution < -0.4 is 0 Å². The molecule has 1 atom stereocenters. The van der Waals surface area contributed by atoms with E-state index < -0.39 is 5.60 Å². The van der Waals surface area contributed by atoms with E-state index in [1.54, 1.807) is 7.11 Å². The van der Waals surface area contributed by atoms with Crippen LogP contribution in [0.25, 0.3) is 0 Å². The summed E-state index contributed by atoms with van der Waals surface area (Å²) in [6, 6.07) is 0. The molecule has 1 fully saturated rings. The number of hydrogen-bond donors (Lipinski definition) is 0. The summed E-state index contributed by atoms with van der Waals surface area (Å²) in [5.74, 6) is 0. The summed E-state index contributed by atoms with van der Waals surface area (Å²) in [6.07, 6.45) is 3.44. The lowest BCUT2D eigenvalue weighted by atomic mass is 9.91. The first-order valence-electron chi connectivity index (χ1n) is 4.93. The van der Waals surface area contributed by atoms with Crippen LogP contribution in [0.1, 0.15) is 25.7 Å². The summed E-state index contributed by atoms with van der Waals surface area (Å²) in [5, 5.41) is 10.3. The van der Waals surface area contributed by atoms with E-state index in [2.05, 4.69) is 0 Å². The maximum absolute atomic E-state index is 10.3. The van der Waals surface area contributed by atoms with Crippen LogP contribution in [0, 0.1) is 10.1 Å². The van der Waals surface area contributed by atoms with E-state index >= 15 is 0 Å². The van der Waals surface area contributed by atoms with E-state index in [0.717, 1.165) is 19.3 Å². The molecule has 1 aliphatic rings. The Morgan fingerprint density at radius 1 is 1.57 bits per heavy atom. The molecule has 0 aromatic rings. The second kappa shape index (κ2) is 5.26. The van der Waals surface area contributed by atoms with Crippen molar-refractivity contribution in [3.8, 4) is 0 Å². The van der Waals surface area contributed by atoms with Crippen molar-refractivity contribution < 1.29 is 14.4 Å². The molecule has 1 saturated heterocycles. The summed E-state index contributed by atoms with van der Waals surface area (Å²) in [5.41, 5.74) is -0.403. The van der Waals surface area contributed by atoms with Gasteiger partial charge in [0.05, 0.1) is 12.2 Å². The van der Waals surface area contributed by atoms with Crippen molar-refractivity contribution in [3.05, 3.63) is 10.1 Å². The highest BCUT2D eigenvalue weighted by Crippen LogP contribution is 2.28. The SMILES string of the molecule is COCC1(CC[N+](=O)[O-])CCCCO1. The molecule has 0 N–H and O–H groups in total. The molecule has 14 heavy (non-hydrogen) atoms. The van der Waals surface area contributed by atoms with E-state index in [1.165, 1.54) is 0 Å². The molecular formula is C9H17NO4. The molecule has 0 amide bonds. The highest BCUT2D eigenvalue weighted by atomic mass is 16.6. The van der Waals surface area contributed by atoms with Gasteiger partial charge in [-0.05, 0) is 19.3 Å². The zero-order valence-electron chi connectivity index (χ0n) is 8.53. The summed E-state index contributed by atoms with van der Waals surface area (Å²) in [7, 11) is 1.60. The third-order valence-electron chi connectivity index (χ3n) is 2.59. The van der Waals surface area contributed by atoms with Crippen molar-refractivity contribution >= 4 is 0 Å². The van der Waals surface area contributed by atoms with Gasteiger partial charge in [0.2, 0.25) is 6.54 Å². The van der Waals surface area contributed by atoms with Crippen LogP contribution >= 0.6 is 0 Å². The highest BCUT2D eigenvalue weighted by molar-refractivity contribution is 4.83. The molecule has 0 bridgehead atoms. The van der Waals surface area contributed by atoms with E-state index in [-0.39, 0.29) is 11.5 Å². The Hall–Kier alpha value is -0.680. The molecule has 0 radical (unpaired) electrons. The first-order valence-corrected chi connectivity index (χ1v) is 4.93. The normalized spacial score (nSPS) is 27.5. The van der Waals surface area contributed by atoms with Gasteiger partial charge in [-0.25, -0.2) is 0 Å². The van der Waals surface area contributed by atoms with Gasteiger partial charge in [-0.15, -0.1) is 0 Å². The second-order valence-corrected chi connectivity index (χ2v) is 3.73. The fraction of sp³-hybridized carbons (Fsp3) is 1.00. The van der Waals surface area contributed by atoms with Gasteiger partial charge in [0.25, 0.3) is 0 Å². The average molecular weight is 203 g/mol. The zero-order chi connectivity index (χ0) is 10.4. The summed E-state index contributed by atoms with van der Waals surface area (Å²) in [6.45, 7) is 1.12. The first-order chi connectivity index (χ1) is 6.68. The van der Waals surface area contributed by atoms with Gasteiger partial charge < -0.3 is 9.47 Å². The lowest BCUT2D eigenvalue weighted by molar-refractivity contribution is -0.484. The van der Waals surface area contributed by atoms with Crippen LogP contribution in [0.5, 0.6) is 0 Å². The number of methoxy groups -OCH3 is 1. The fourth-order valence-electron chi connectivity index (χ4n) is 1.85. The Kier molecular flexibility index (Phi) is 4.28. The van der Waals surface area contributed by atoms with Crippen molar-refractivity contribution in [2.75, 3.05) is 26.9 Å². The zero-order valence-corrected chi connectivity index (χ0v) is 8.53. The number of ether oxygens (including phenoxy) is 2. The third-order valence-corrected chi connectivity index (χ3v) is 2.59. The van der Waals surface area contributed by atoms with E-state index in [1.807, 2.05) is 0 Å². The van der Waals surface area contributed by atoms with Crippen LogP contribution in [0.3, 0.4) is 0 Å². The van der Waals surface area contributed by atoms with Gasteiger partial charge in [0.1, 0.15) is 0 Å². The first kappa shape index (κ1) is 11.4. The lowest BCUT2D eigenvalue weighted by Crippen LogP contribution is -2.42. The van der Waals surface area contributed by atoms with Crippen molar-refractivity contribution in [1.29, 1.82) is 0 Å². The van der Waals surface area contributed by atoms with Crippen LogP contribution in [-0.4, -0.2) is 37.4 Å². The highest BCUT2D eigenvalue weighted by Gasteiger charge is 2.34. The fourth-order valence-corrected chi connectivity index (χ4v) is 1.85. The van der Waals surface area contributed by atoms with E-state index in [0.29, 0.717) is 19.6 Å². The molecule has 1 unspecified atom stereocenters. The Morgan fingerprint density at radius 3 is 2.86 bits per heavy atom. The maximum Gasteiger partial charge on any atom is 0.206 e. The van der Waals surface area contributed by atoms with Crippen LogP contribution in [0.4, 0.5) is 0 Å². The van der Waals surface area contributed by atoms with Gasteiger partial charge in [-0.3, -0.25) is 10.1 Å². The molecule has 1 aliphatic heterocycles. The Morgan fingerprint density at radius 2 is 2.36 bits per heavy atom. The minimum atomic E-state index is -0.403. The summed E-state index contributed by atoms with van der Waals surface area (Å²) < 4.78 is 10.7. The average Bonchev–Trinajstić information content (AvgIpc) is 2.17. The van der Waals surface area contributed by atoms with Gasteiger partial charge in [-0.1, -0.05) is 0 Å².